The van der Waals surface area contributed by atoms with E-state index in [0.29, 0.717) is 13.0 Å². The van der Waals surface area contributed by atoms with Crippen LogP contribution in [0.5, 0.6) is 0 Å². The Hall–Kier alpha value is -2.72. The maximum Gasteiger partial charge on any atom is 0.246 e. The van der Waals surface area contributed by atoms with Crippen LogP contribution in [0.15, 0.2) is 24.3 Å². The molecule has 1 rings (SSSR count). The number of amides is 4. The molecule has 33 heavy (non-hydrogen) atoms. The molecular weight excluding hydrogens is 428 g/mol. The van der Waals surface area contributed by atoms with Crippen LogP contribution in [0.1, 0.15) is 40.5 Å². The second-order valence-corrected chi connectivity index (χ2v) is 8.73. The van der Waals surface area contributed by atoms with Gasteiger partial charge in [0.2, 0.25) is 23.6 Å². The first kappa shape index (κ1) is 28.3. The molecule has 0 saturated carbocycles. The van der Waals surface area contributed by atoms with Gasteiger partial charge in [-0.2, -0.15) is 0 Å². The fraction of sp³-hybridized carbons (Fsp3) is 0.652. The van der Waals surface area contributed by atoms with Gasteiger partial charge in [-0.3, -0.25) is 19.2 Å². The van der Waals surface area contributed by atoms with Crippen molar-refractivity contribution in [2.24, 2.45) is 5.92 Å². The number of carbonyl (C=O) groups excluding carboxylic acids is 4. The zero-order valence-corrected chi connectivity index (χ0v) is 20.3. The van der Waals surface area contributed by atoms with Crippen LogP contribution < -0.4 is 10.6 Å². The predicted molar refractivity (Wildman–Crippen MR) is 124 cm³/mol. The second kappa shape index (κ2) is 13.1. The molecule has 10 nitrogen and oxygen atoms in total. The van der Waals surface area contributed by atoms with Crippen LogP contribution in [0, 0.1) is 5.92 Å². The van der Waals surface area contributed by atoms with Crippen molar-refractivity contribution in [2.45, 2.75) is 70.9 Å². The van der Waals surface area contributed by atoms with E-state index in [1.54, 1.807) is 6.92 Å². The van der Waals surface area contributed by atoms with Gasteiger partial charge in [-0.15, -0.1) is 0 Å². The van der Waals surface area contributed by atoms with Crippen LogP contribution in [0.25, 0.3) is 0 Å². The Morgan fingerprint density at radius 1 is 1.09 bits per heavy atom. The molecule has 0 radical (unpaired) electrons. The van der Waals surface area contributed by atoms with E-state index in [1.165, 1.54) is 55.1 Å². The molecule has 0 aromatic carbocycles. The first-order valence-electron chi connectivity index (χ1n) is 11.2. The van der Waals surface area contributed by atoms with Gasteiger partial charge >= 0.3 is 0 Å². The molecule has 0 spiro atoms. The van der Waals surface area contributed by atoms with Crippen molar-refractivity contribution in [1.29, 1.82) is 0 Å². The van der Waals surface area contributed by atoms with Gasteiger partial charge in [0, 0.05) is 26.7 Å². The first-order valence-corrected chi connectivity index (χ1v) is 11.2. The lowest BCUT2D eigenvalue weighted by atomic mass is 9.98. The summed E-state index contributed by atoms with van der Waals surface area (Å²) in [6, 6.07) is -2.35. The van der Waals surface area contributed by atoms with Crippen LogP contribution in [0.3, 0.4) is 0 Å². The van der Waals surface area contributed by atoms with Gasteiger partial charge in [0.25, 0.3) is 0 Å². The third-order valence-corrected chi connectivity index (χ3v) is 5.70. The van der Waals surface area contributed by atoms with E-state index in [0.717, 1.165) is 0 Å². The molecule has 1 saturated heterocycles. The van der Waals surface area contributed by atoms with Crippen molar-refractivity contribution >= 4 is 23.6 Å². The Labute approximate surface area is 195 Å². The highest BCUT2D eigenvalue weighted by Gasteiger charge is 2.37. The summed E-state index contributed by atoms with van der Waals surface area (Å²) in [6.07, 6.45) is 4.10. The molecule has 0 aromatic heterocycles. The lowest BCUT2D eigenvalue weighted by molar-refractivity contribution is -0.150. The molecule has 10 heteroatoms. The Balaban J connectivity index is 3.06. The lowest BCUT2D eigenvalue weighted by Gasteiger charge is -2.37. The molecule has 5 atom stereocenters. The number of aliphatic hydroxyl groups is 2. The molecule has 1 heterocycles. The zero-order chi connectivity index (χ0) is 25.3. The van der Waals surface area contributed by atoms with Crippen molar-refractivity contribution in [3.63, 3.8) is 0 Å². The predicted octanol–water partition coefficient (Wildman–Crippen LogP) is -0.435. The number of likely N-dealkylation sites (N-methyl/N-ethyl adjacent to an activating group) is 2. The average molecular weight is 467 g/mol. The number of aliphatic hydroxyl groups excluding tert-OH is 2. The van der Waals surface area contributed by atoms with Crippen LogP contribution in [0.4, 0.5) is 0 Å². The monoisotopic (exact) mass is 466 g/mol. The number of rotatable bonds is 6. The Morgan fingerprint density at radius 3 is 2.30 bits per heavy atom. The third kappa shape index (κ3) is 8.29. The fourth-order valence-electron chi connectivity index (χ4n) is 3.48. The molecule has 186 valence electrons. The number of carbonyl (C=O) groups is 4. The van der Waals surface area contributed by atoms with Gasteiger partial charge in [-0.1, -0.05) is 32.1 Å². The highest BCUT2D eigenvalue weighted by Crippen LogP contribution is 2.17. The molecular formula is C23H38N4O6. The fourth-order valence-corrected chi connectivity index (χ4v) is 3.48. The second-order valence-electron chi connectivity index (χ2n) is 8.73. The van der Waals surface area contributed by atoms with E-state index in [-0.39, 0.29) is 24.2 Å². The maximum atomic E-state index is 13.3. The number of hydrogen-bond acceptors (Lipinski definition) is 6. The van der Waals surface area contributed by atoms with E-state index in [1.807, 2.05) is 13.8 Å². The van der Waals surface area contributed by atoms with E-state index in [4.69, 9.17) is 0 Å². The quantitative estimate of drug-likeness (QED) is 0.309. The molecule has 1 aliphatic rings. The Morgan fingerprint density at radius 2 is 1.73 bits per heavy atom. The summed E-state index contributed by atoms with van der Waals surface area (Å²) in [4.78, 5) is 53.9. The minimum atomic E-state index is -1.05. The molecule has 0 aromatic rings. The van der Waals surface area contributed by atoms with E-state index in [2.05, 4.69) is 10.6 Å². The molecule has 1 fully saturated rings. The van der Waals surface area contributed by atoms with Crippen LogP contribution in [0.2, 0.25) is 0 Å². The van der Waals surface area contributed by atoms with Crippen LogP contribution >= 0.6 is 0 Å². The highest BCUT2D eigenvalue weighted by molar-refractivity contribution is 5.96. The summed E-state index contributed by atoms with van der Waals surface area (Å²) in [5, 5.41) is 24.2. The number of allylic oxidation sites excluding steroid dienone is 2. The highest BCUT2D eigenvalue weighted by atomic mass is 16.3. The maximum absolute atomic E-state index is 13.3. The molecule has 0 bridgehead atoms. The Bertz CT molecular complexity index is 764. The largest absolute Gasteiger partial charge is 0.390 e. The smallest absolute Gasteiger partial charge is 0.246 e. The number of nitrogens with zero attached hydrogens (tertiary/aromatic N) is 2. The van der Waals surface area contributed by atoms with Crippen molar-refractivity contribution in [2.75, 3.05) is 20.6 Å². The Kier molecular flexibility index (Phi) is 11.2. The van der Waals surface area contributed by atoms with Crippen LogP contribution in [-0.2, 0) is 19.2 Å². The topological polar surface area (TPSA) is 139 Å². The van der Waals surface area contributed by atoms with Gasteiger partial charge in [-0.25, -0.2) is 0 Å². The summed E-state index contributed by atoms with van der Waals surface area (Å²) in [5.74, 6) is -1.76. The molecule has 1 unspecified atom stereocenters. The number of hydrogen-bond donors (Lipinski definition) is 4. The van der Waals surface area contributed by atoms with Gasteiger partial charge < -0.3 is 30.6 Å². The summed E-state index contributed by atoms with van der Waals surface area (Å²) >= 11 is 0. The summed E-state index contributed by atoms with van der Waals surface area (Å²) < 4.78 is 0. The van der Waals surface area contributed by atoms with E-state index >= 15 is 0 Å². The minimum Gasteiger partial charge on any atom is -0.390 e. The van der Waals surface area contributed by atoms with E-state index < -0.39 is 42.1 Å². The lowest BCUT2D eigenvalue weighted by Crippen LogP contribution is -2.59. The van der Waals surface area contributed by atoms with Gasteiger partial charge in [0.15, 0.2) is 0 Å². The summed E-state index contributed by atoms with van der Waals surface area (Å²) in [6.45, 7) is 7.02. The van der Waals surface area contributed by atoms with Crippen molar-refractivity contribution in [3.05, 3.63) is 24.3 Å². The molecule has 1 aliphatic heterocycles. The molecule has 0 aliphatic carbocycles. The number of nitrogens with one attached hydrogen (secondary N) is 2. The van der Waals surface area contributed by atoms with Crippen molar-refractivity contribution < 1.29 is 29.4 Å². The summed E-state index contributed by atoms with van der Waals surface area (Å²) in [5.41, 5.74) is 0. The minimum absolute atomic E-state index is 0.214. The van der Waals surface area contributed by atoms with Crippen molar-refractivity contribution in [1.82, 2.24) is 20.4 Å². The molecule has 4 N–H and O–H groups in total. The molecule has 4 amide bonds. The third-order valence-electron chi connectivity index (χ3n) is 5.70. The van der Waals surface area contributed by atoms with Crippen molar-refractivity contribution in [3.8, 4) is 0 Å². The first-order chi connectivity index (χ1) is 15.4. The average Bonchev–Trinajstić information content (AvgIpc) is 2.75. The van der Waals surface area contributed by atoms with E-state index in [9.17, 15) is 29.4 Å². The van der Waals surface area contributed by atoms with Gasteiger partial charge in [0.05, 0.1) is 12.2 Å². The SMILES string of the molecule is CC(C)C1C(=O)N(C)[C@@H](C)C(=O)NCCC[C@H](NC(=O)/C=C/C=C/[C@@H](O)[C@@H](C)O)C(=O)N1C. The zero-order valence-electron chi connectivity index (χ0n) is 20.3. The normalized spacial score (nSPS) is 25.7. The van der Waals surface area contributed by atoms with Gasteiger partial charge in [-0.05, 0) is 32.6 Å². The standard InChI is InChI=1S/C23H38N4O6/c1-14(2)20-23(33)26(5)15(3)21(31)24-13-9-10-17(22(32)27(20)6)25-19(30)12-8-7-11-18(29)16(4)28/h7-8,11-12,14-18,20,28-29H,9-10,13H2,1-6H3,(H,24,31)(H,25,30)/b11-7+,12-8+/t15-,16+,17-,18+,20?/m0/s1. The van der Waals surface area contributed by atoms with Crippen LogP contribution in [-0.4, -0.2) is 94.6 Å². The summed E-state index contributed by atoms with van der Waals surface area (Å²) in [7, 11) is 3.07. The van der Waals surface area contributed by atoms with Gasteiger partial charge in [0.1, 0.15) is 18.1 Å².